The first kappa shape index (κ1) is 13.9. The van der Waals surface area contributed by atoms with Crippen LogP contribution in [-0.2, 0) is 6.54 Å². The summed E-state index contributed by atoms with van der Waals surface area (Å²) >= 11 is 0. The number of nitro benzene ring substituents is 1. The Morgan fingerprint density at radius 2 is 1.95 bits per heavy atom. The number of nitrogens with zero attached hydrogens (tertiary/aromatic N) is 5. The molecule has 0 spiro atoms. The molecular weight excluding hydrogens is 282 g/mol. The molecule has 0 bridgehead atoms. The molecule has 3 aromatic rings. The van der Waals surface area contributed by atoms with E-state index in [1.807, 2.05) is 31.2 Å². The molecule has 0 unspecified atom stereocenters. The minimum absolute atomic E-state index is 0.00684. The van der Waals surface area contributed by atoms with Crippen LogP contribution in [0.2, 0.25) is 0 Å². The van der Waals surface area contributed by atoms with Crippen molar-refractivity contribution in [2.24, 2.45) is 0 Å². The summed E-state index contributed by atoms with van der Waals surface area (Å²) in [5, 5.41) is 23.0. The number of tetrazole rings is 1. The molecule has 7 heteroatoms. The summed E-state index contributed by atoms with van der Waals surface area (Å²) in [6.45, 7) is 2.53. The van der Waals surface area contributed by atoms with E-state index in [9.17, 15) is 10.1 Å². The highest BCUT2D eigenvalue weighted by Gasteiger charge is 2.11. The number of rotatable bonds is 4. The molecule has 22 heavy (non-hydrogen) atoms. The Balaban J connectivity index is 1.83. The molecule has 0 saturated heterocycles. The molecule has 0 N–H and O–H groups in total. The molecule has 0 radical (unpaired) electrons. The van der Waals surface area contributed by atoms with E-state index in [1.54, 1.807) is 12.1 Å². The lowest BCUT2D eigenvalue weighted by Crippen LogP contribution is -2.03. The maximum absolute atomic E-state index is 10.8. The van der Waals surface area contributed by atoms with Crippen LogP contribution in [0.1, 0.15) is 11.1 Å². The summed E-state index contributed by atoms with van der Waals surface area (Å²) in [4.78, 5) is 11.8. The van der Waals surface area contributed by atoms with E-state index >= 15 is 0 Å². The molecule has 2 aromatic carbocycles. The molecule has 0 atom stereocenters. The molecule has 3 rings (SSSR count). The smallest absolute Gasteiger partial charge is 0.258 e. The van der Waals surface area contributed by atoms with Crippen LogP contribution in [0.25, 0.3) is 11.4 Å². The molecule has 0 fully saturated rings. The highest BCUT2D eigenvalue weighted by atomic mass is 16.6. The second-order valence-corrected chi connectivity index (χ2v) is 4.94. The summed E-state index contributed by atoms with van der Waals surface area (Å²) in [7, 11) is 0. The van der Waals surface area contributed by atoms with Gasteiger partial charge in [-0.25, -0.2) is 0 Å². The van der Waals surface area contributed by atoms with Crippen LogP contribution in [0.15, 0.2) is 48.5 Å². The monoisotopic (exact) mass is 295 g/mol. The van der Waals surface area contributed by atoms with Gasteiger partial charge < -0.3 is 0 Å². The predicted molar refractivity (Wildman–Crippen MR) is 80.2 cm³/mol. The second-order valence-electron chi connectivity index (χ2n) is 4.94. The van der Waals surface area contributed by atoms with E-state index in [0.29, 0.717) is 17.9 Å². The van der Waals surface area contributed by atoms with Crippen molar-refractivity contribution in [3.63, 3.8) is 0 Å². The van der Waals surface area contributed by atoms with Crippen LogP contribution < -0.4 is 0 Å². The highest BCUT2D eigenvalue weighted by Crippen LogP contribution is 2.20. The van der Waals surface area contributed by atoms with E-state index in [-0.39, 0.29) is 5.69 Å². The normalized spacial score (nSPS) is 10.6. The summed E-state index contributed by atoms with van der Waals surface area (Å²) in [5.41, 5.74) is 2.83. The van der Waals surface area contributed by atoms with Gasteiger partial charge in [-0.2, -0.15) is 4.80 Å². The van der Waals surface area contributed by atoms with Gasteiger partial charge in [0.15, 0.2) is 0 Å². The number of benzene rings is 2. The maximum Gasteiger partial charge on any atom is 0.270 e. The Morgan fingerprint density at radius 1 is 1.18 bits per heavy atom. The predicted octanol–water partition coefficient (Wildman–Crippen LogP) is 2.61. The Labute approximate surface area is 126 Å². The molecule has 110 valence electrons. The molecule has 0 aliphatic rings. The van der Waals surface area contributed by atoms with Gasteiger partial charge in [-0.15, -0.1) is 10.2 Å². The standard InChI is InChI=1S/C15H13N5O2/c1-11-5-7-12(8-6-11)10-19-17-15(16-18-19)13-3-2-4-14(9-13)20(21)22/h2-9H,10H2,1H3. The van der Waals surface area contributed by atoms with Gasteiger partial charge in [0.25, 0.3) is 5.69 Å². The Bertz CT molecular complexity index is 811. The largest absolute Gasteiger partial charge is 0.270 e. The van der Waals surface area contributed by atoms with E-state index < -0.39 is 4.92 Å². The van der Waals surface area contributed by atoms with E-state index in [2.05, 4.69) is 15.4 Å². The SMILES string of the molecule is Cc1ccc(Cn2nnc(-c3cccc([N+](=O)[O-])c3)n2)cc1. The minimum Gasteiger partial charge on any atom is -0.258 e. The molecule has 7 nitrogen and oxygen atoms in total. The van der Waals surface area contributed by atoms with Crippen molar-refractivity contribution < 1.29 is 4.92 Å². The quantitative estimate of drug-likeness (QED) is 0.545. The average molecular weight is 295 g/mol. The van der Waals surface area contributed by atoms with Crippen molar-refractivity contribution in [1.29, 1.82) is 0 Å². The lowest BCUT2D eigenvalue weighted by molar-refractivity contribution is -0.384. The van der Waals surface area contributed by atoms with Crippen LogP contribution in [0.4, 0.5) is 5.69 Å². The summed E-state index contributed by atoms with van der Waals surface area (Å²) < 4.78 is 0. The van der Waals surface area contributed by atoms with E-state index in [0.717, 1.165) is 5.56 Å². The van der Waals surface area contributed by atoms with Gasteiger partial charge in [-0.05, 0) is 17.7 Å². The topological polar surface area (TPSA) is 86.7 Å². The van der Waals surface area contributed by atoms with Crippen molar-refractivity contribution in [3.8, 4) is 11.4 Å². The van der Waals surface area contributed by atoms with E-state index in [4.69, 9.17) is 0 Å². The lowest BCUT2D eigenvalue weighted by atomic mass is 10.1. The zero-order valence-electron chi connectivity index (χ0n) is 11.9. The van der Waals surface area contributed by atoms with Crippen LogP contribution >= 0.6 is 0 Å². The van der Waals surface area contributed by atoms with Crippen molar-refractivity contribution in [3.05, 3.63) is 69.8 Å². The summed E-state index contributed by atoms with van der Waals surface area (Å²) in [5.74, 6) is 0.371. The third-order valence-electron chi connectivity index (χ3n) is 3.21. The number of non-ortho nitro benzene ring substituents is 1. The van der Waals surface area contributed by atoms with Gasteiger partial charge in [0, 0.05) is 17.7 Å². The first-order valence-corrected chi connectivity index (χ1v) is 6.70. The van der Waals surface area contributed by atoms with Crippen LogP contribution in [0.5, 0.6) is 0 Å². The van der Waals surface area contributed by atoms with Crippen LogP contribution in [0, 0.1) is 17.0 Å². The second kappa shape index (κ2) is 5.72. The number of hydrogen-bond acceptors (Lipinski definition) is 5. The van der Waals surface area contributed by atoms with Crippen molar-refractivity contribution in [2.75, 3.05) is 0 Å². The zero-order valence-corrected chi connectivity index (χ0v) is 11.9. The van der Waals surface area contributed by atoms with Gasteiger partial charge in [-0.1, -0.05) is 42.0 Å². The summed E-state index contributed by atoms with van der Waals surface area (Å²) in [6.07, 6.45) is 0. The molecule has 0 aliphatic heterocycles. The fourth-order valence-corrected chi connectivity index (χ4v) is 2.04. The van der Waals surface area contributed by atoms with Gasteiger partial charge in [0.2, 0.25) is 5.82 Å². The fraction of sp³-hybridized carbons (Fsp3) is 0.133. The molecule has 1 heterocycles. The lowest BCUT2D eigenvalue weighted by Gasteiger charge is -2.00. The third-order valence-corrected chi connectivity index (χ3v) is 3.21. The Morgan fingerprint density at radius 3 is 2.68 bits per heavy atom. The Hall–Kier alpha value is -3.09. The first-order chi connectivity index (χ1) is 10.6. The van der Waals surface area contributed by atoms with Gasteiger partial charge in [0.1, 0.15) is 0 Å². The number of nitro groups is 1. The molecule has 1 aromatic heterocycles. The van der Waals surface area contributed by atoms with Crippen molar-refractivity contribution in [1.82, 2.24) is 20.2 Å². The van der Waals surface area contributed by atoms with Gasteiger partial charge in [0.05, 0.1) is 11.5 Å². The summed E-state index contributed by atoms with van der Waals surface area (Å²) in [6, 6.07) is 14.3. The van der Waals surface area contributed by atoms with Crippen LogP contribution in [0.3, 0.4) is 0 Å². The zero-order chi connectivity index (χ0) is 15.5. The van der Waals surface area contributed by atoms with E-state index in [1.165, 1.54) is 22.5 Å². The number of hydrogen-bond donors (Lipinski definition) is 0. The van der Waals surface area contributed by atoms with Gasteiger partial charge >= 0.3 is 0 Å². The minimum atomic E-state index is -0.444. The average Bonchev–Trinajstić information content (AvgIpc) is 2.98. The van der Waals surface area contributed by atoms with Crippen LogP contribution in [-0.4, -0.2) is 25.1 Å². The molecule has 0 saturated carbocycles. The maximum atomic E-state index is 10.8. The van der Waals surface area contributed by atoms with Crippen molar-refractivity contribution >= 4 is 5.69 Å². The van der Waals surface area contributed by atoms with Gasteiger partial charge in [-0.3, -0.25) is 10.1 Å². The number of aryl methyl sites for hydroxylation is 1. The molecular formula is C15H13N5O2. The Kier molecular flexibility index (Phi) is 3.61. The first-order valence-electron chi connectivity index (χ1n) is 6.70. The molecule has 0 amide bonds. The molecule has 0 aliphatic carbocycles. The fourth-order valence-electron chi connectivity index (χ4n) is 2.04. The highest BCUT2D eigenvalue weighted by molar-refractivity contribution is 5.58. The third kappa shape index (κ3) is 2.98. The van der Waals surface area contributed by atoms with Crippen molar-refractivity contribution in [2.45, 2.75) is 13.5 Å². The number of aromatic nitrogens is 4.